The van der Waals surface area contributed by atoms with Crippen molar-refractivity contribution in [1.82, 2.24) is 10.6 Å². The summed E-state index contributed by atoms with van der Waals surface area (Å²) in [6.45, 7) is 1.82. The zero-order valence-corrected chi connectivity index (χ0v) is 16.2. The second-order valence-electron chi connectivity index (χ2n) is 5.49. The van der Waals surface area contributed by atoms with E-state index in [9.17, 15) is 14.4 Å². The van der Waals surface area contributed by atoms with Crippen LogP contribution in [-0.4, -0.2) is 30.9 Å². The number of hydrogen-bond donors (Lipinski definition) is 2. The summed E-state index contributed by atoms with van der Waals surface area (Å²) in [5, 5.41) is 5.25. The lowest BCUT2D eigenvalue weighted by atomic mass is 10.2. The minimum atomic E-state index is -0.529. The number of halogens is 1. The van der Waals surface area contributed by atoms with Crippen LogP contribution in [0.1, 0.15) is 29.5 Å². The van der Waals surface area contributed by atoms with E-state index < -0.39 is 11.8 Å². The Hall–Kier alpha value is -2.87. The summed E-state index contributed by atoms with van der Waals surface area (Å²) in [6, 6.07) is 10.4. The molecule has 0 saturated carbocycles. The summed E-state index contributed by atoms with van der Waals surface area (Å²) < 4.78 is 10.8. The van der Waals surface area contributed by atoms with E-state index in [1.54, 1.807) is 24.3 Å². The lowest BCUT2D eigenvalue weighted by Crippen LogP contribution is -2.35. The van der Waals surface area contributed by atoms with E-state index >= 15 is 0 Å². The molecule has 8 heteroatoms. The second-order valence-corrected chi connectivity index (χ2v) is 6.41. The van der Waals surface area contributed by atoms with Crippen LogP contribution in [0.3, 0.4) is 0 Å². The van der Waals surface area contributed by atoms with Crippen LogP contribution in [0.4, 0.5) is 0 Å². The van der Waals surface area contributed by atoms with Gasteiger partial charge < -0.3 is 19.8 Å². The first kappa shape index (κ1) is 20.4. The van der Waals surface area contributed by atoms with Gasteiger partial charge in [0.25, 0.3) is 11.8 Å². The molecular weight excluding hydrogens is 416 g/mol. The van der Waals surface area contributed by atoms with Crippen molar-refractivity contribution in [1.29, 1.82) is 0 Å². The topological polar surface area (TPSA) is 97.6 Å². The lowest BCUT2D eigenvalue weighted by molar-refractivity contribution is -0.140. The fourth-order valence-corrected chi connectivity index (χ4v) is 2.33. The van der Waals surface area contributed by atoms with Gasteiger partial charge in [-0.1, -0.05) is 28.1 Å². The van der Waals surface area contributed by atoms with E-state index in [0.29, 0.717) is 13.0 Å². The number of carbonyl (C=O) groups is 3. The normalized spacial score (nSPS) is 11.0. The molecule has 1 heterocycles. The highest BCUT2D eigenvalue weighted by Crippen LogP contribution is 2.13. The van der Waals surface area contributed by atoms with Crippen molar-refractivity contribution in [2.24, 2.45) is 0 Å². The van der Waals surface area contributed by atoms with Crippen LogP contribution in [0.15, 0.2) is 57.2 Å². The number of hydrogen-bond acceptors (Lipinski definition) is 5. The summed E-state index contributed by atoms with van der Waals surface area (Å²) in [4.78, 5) is 35.4. The molecule has 0 spiro atoms. The molecule has 2 N–H and O–H groups in total. The van der Waals surface area contributed by atoms with E-state index in [2.05, 4.69) is 26.6 Å². The van der Waals surface area contributed by atoms with E-state index in [-0.39, 0.29) is 24.0 Å². The SMILES string of the molecule is CC(=O)OCCCNC(=O)C(=Cc1ccc(Br)cc1)NC(=O)c1ccco1. The van der Waals surface area contributed by atoms with Crippen molar-refractivity contribution in [2.75, 3.05) is 13.2 Å². The van der Waals surface area contributed by atoms with Gasteiger partial charge in [0, 0.05) is 17.9 Å². The predicted octanol–water partition coefficient (Wildman–Crippen LogP) is 2.88. The van der Waals surface area contributed by atoms with Gasteiger partial charge in [-0.25, -0.2) is 0 Å². The molecule has 0 aliphatic carbocycles. The van der Waals surface area contributed by atoms with Gasteiger partial charge in [0.1, 0.15) is 5.70 Å². The van der Waals surface area contributed by atoms with Gasteiger partial charge in [0.15, 0.2) is 5.76 Å². The number of carbonyl (C=O) groups excluding carboxylic acids is 3. The number of ether oxygens (including phenoxy) is 1. The van der Waals surface area contributed by atoms with Crippen LogP contribution in [-0.2, 0) is 14.3 Å². The van der Waals surface area contributed by atoms with Crippen LogP contribution >= 0.6 is 15.9 Å². The molecule has 1 aromatic heterocycles. The van der Waals surface area contributed by atoms with Gasteiger partial charge >= 0.3 is 5.97 Å². The summed E-state index contributed by atoms with van der Waals surface area (Å²) in [6.07, 6.45) is 3.40. The van der Waals surface area contributed by atoms with Crippen LogP contribution in [0, 0.1) is 0 Å². The van der Waals surface area contributed by atoms with Crippen LogP contribution < -0.4 is 10.6 Å². The molecule has 7 nitrogen and oxygen atoms in total. The molecule has 0 bridgehead atoms. The van der Waals surface area contributed by atoms with E-state index in [1.165, 1.54) is 19.3 Å². The Morgan fingerprint density at radius 2 is 1.93 bits per heavy atom. The summed E-state index contributed by atoms with van der Waals surface area (Å²) in [5.41, 5.74) is 0.814. The number of furan rings is 1. The van der Waals surface area contributed by atoms with Crippen molar-refractivity contribution in [3.05, 3.63) is 64.2 Å². The number of esters is 1. The van der Waals surface area contributed by atoms with Gasteiger partial charge in [0.2, 0.25) is 0 Å². The summed E-state index contributed by atoms with van der Waals surface area (Å²) in [5.74, 6) is -1.26. The quantitative estimate of drug-likeness (QED) is 0.378. The molecule has 0 saturated heterocycles. The zero-order valence-electron chi connectivity index (χ0n) is 14.7. The minimum Gasteiger partial charge on any atom is -0.466 e. The standard InChI is InChI=1S/C19H19BrN2O5/c1-13(23)26-11-3-9-21-18(24)16(12-14-5-7-15(20)8-6-14)22-19(25)17-4-2-10-27-17/h2,4-8,10,12H,3,9,11H2,1H3,(H,21,24)(H,22,25). The Labute approximate surface area is 164 Å². The van der Waals surface area contributed by atoms with Crippen molar-refractivity contribution in [2.45, 2.75) is 13.3 Å². The fraction of sp³-hybridized carbons (Fsp3) is 0.211. The van der Waals surface area contributed by atoms with E-state index in [1.807, 2.05) is 12.1 Å². The number of nitrogens with one attached hydrogen (secondary N) is 2. The van der Waals surface area contributed by atoms with Gasteiger partial charge in [-0.05, 0) is 42.3 Å². The molecule has 2 rings (SSSR count). The highest BCUT2D eigenvalue weighted by Gasteiger charge is 2.16. The predicted molar refractivity (Wildman–Crippen MR) is 103 cm³/mol. The Morgan fingerprint density at radius 3 is 2.56 bits per heavy atom. The smallest absolute Gasteiger partial charge is 0.302 e. The second kappa shape index (κ2) is 10.3. The highest BCUT2D eigenvalue weighted by atomic mass is 79.9. The number of rotatable bonds is 8. The minimum absolute atomic E-state index is 0.0752. The summed E-state index contributed by atoms with van der Waals surface area (Å²) >= 11 is 3.35. The van der Waals surface area contributed by atoms with Crippen LogP contribution in [0.2, 0.25) is 0 Å². The van der Waals surface area contributed by atoms with Gasteiger partial charge in [-0.15, -0.1) is 0 Å². The molecule has 142 valence electrons. The summed E-state index contributed by atoms with van der Waals surface area (Å²) in [7, 11) is 0. The molecule has 0 fully saturated rings. The van der Waals surface area contributed by atoms with Crippen molar-refractivity contribution < 1.29 is 23.5 Å². The highest BCUT2D eigenvalue weighted by molar-refractivity contribution is 9.10. The van der Waals surface area contributed by atoms with Crippen molar-refractivity contribution in [3.63, 3.8) is 0 Å². The van der Waals surface area contributed by atoms with E-state index in [4.69, 9.17) is 9.15 Å². The molecule has 0 aliphatic heterocycles. The fourth-order valence-electron chi connectivity index (χ4n) is 2.06. The first-order chi connectivity index (χ1) is 13.0. The number of amides is 2. The first-order valence-corrected chi connectivity index (χ1v) is 8.98. The van der Waals surface area contributed by atoms with Crippen molar-refractivity contribution >= 4 is 39.8 Å². The molecule has 2 aromatic rings. The van der Waals surface area contributed by atoms with Gasteiger partial charge in [0.05, 0.1) is 12.9 Å². The molecular formula is C19H19BrN2O5. The average Bonchev–Trinajstić information content (AvgIpc) is 3.17. The number of benzene rings is 1. The third-order valence-corrected chi connectivity index (χ3v) is 3.86. The molecule has 0 atom stereocenters. The Kier molecular flexibility index (Phi) is 7.81. The molecule has 1 aromatic carbocycles. The Morgan fingerprint density at radius 1 is 1.19 bits per heavy atom. The largest absolute Gasteiger partial charge is 0.466 e. The third-order valence-electron chi connectivity index (χ3n) is 3.33. The average molecular weight is 435 g/mol. The van der Waals surface area contributed by atoms with Crippen molar-refractivity contribution in [3.8, 4) is 0 Å². The maximum absolute atomic E-state index is 12.5. The molecule has 0 unspecified atom stereocenters. The van der Waals surface area contributed by atoms with Crippen LogP contribution in [0.5, 0.6) is 0 Å². The maximum Gasteiger partial charge on any atom is 0.302 e. The van der Waals surface area contributed by atoms with Crippen LogP contribution in [0.25, 0.3) is 6.08 Å². The van der Waals surface area contributed by atoms with Gasteiger partial charge in [-0.3, -0.25) is 14.4 Å². The third kappa shape index (κ3) is 7.10. The first-order valence-electron chi connectivity index (χ1n) is 8.19. The van der Waals surface area contributed by atoms with E-state index in [0.717, 1.165) is 10.0 Å². The Balaban J connectivity index is 2.06. The van der Waals surface area contributed by atoms with Gasteiger partial charge in [-0.2, -0.15) is 0 Å². The molecule has 27 heavy (non-hydrogen) atoms. The monoisotopic (exact) mass is 434 g/mol. The lowest BCUT2D eigenvalue weighted by Gasteiger charge is -2.10. The Bertz CT molecular complexity index is 813. The molecule has 0 radical (unpaired) electrons. The molecule has 2 amide bonds. The zero-order chi connectivity index (χ0) is 19.6. The maximum atomic E-state index is 12.5. The molecule has 0 aliphatic rings.